The number of rotatable bonds is 4. The minimum atomic E-state index is -3.72. The number of phenolic OH excluding ortho intramolecular Hbond substituents is 1. The first-order valence-electron chi connectivity index (χ1n) is 7.71. The van der Waals surface area contributed by atoms with Gasteiger partial charge in [0.05, 0.1) is 17.9 Å². The fourth-order valence-corrected chi connectivity index (χ4v) is 5.63. The van der Waals surface area contributed by atoms with Crippen molar-refractivity contribution < 1.29 is 23.1 Å². The van der Waals surface area contributed by atoms with Crippen LogP contribution in [0.25, 0.3) is 0 Å². The first-order valence-corrected chi connectivity index (χ1v) is 9.15. The number of hydrogen-bond donors (Lipinski definition) is 1. The van der Waals surface area contributed by atoms with Crippen LogP contribution in [0.15, 0.2) is 29.2 Å². The minimum Gasteiger partial charge on any atom is -0.508 e. The third-order valence-corrected chi connectivity index (χ3v) is 7.15. The number of carbonyl (C=O) groups is 1. The van der Waals surface area contributed by atoms with E-state index < -0.39 is 15.9 Å². The molecule has 2 saturated carbocycles. The second kappa shape index (κ2) is 5.79. The molecule has 0 radical (unpaired) electrons. The van der Waals surface area contributed by atoms with E-state index in [1.54, 1.807) is 0 Å². The van der Waals surface area contributed by atoms with Gasteiger partial charge in [-0.05, 0) is 55.4 Å². The number of ether oxygens (including phenoxy) is 1. The highest BCUT2D eigenvalue weighted by Gasteiger charge is 2.55. The normalized spacial score (nSPS) is 29.9. The number of esters is 1. The van der Waals surface area contributed by atoms with Gasteiger partial charge in [-0.3, -0.25) is 4.79 Å². The second-order valence-electron chi connectivity index (χ2n) is 6.39. The molecule has 0 saturated heterocycles. The molecule has 0 spiro atoms. The zero-order valence-corrected chi connectivity index (χ0v) is 14.0. The van der Waals surface area contributed by atoms with Crippen LogP contribution in [0, 0.1) is 17.8 Å². The fourth-order valence-electron chi connectivity index (χ4n) is 4.20. The molecule has 4 unspecified atom stereocenters. The van der Waals surface area contributed by atoms with Crippen LogP contribution in [-0.2, 0) is 19.6 Å². The van der Waals surface area contributed by atoms with Gasteiger partial charge in [0.2, 0.25) is 10.0 Å². The fraction of sp³-hybridized carbons (Fsp3) is 0.562. The average Bonchev–Trinajstić information content (AvgIpc) is 3.14. The summed E-state index contributed by atoms with van der Waals surface area (Å²) in [5, 5.41) is 9.34. The number of aromatic hydroxyl groups is 1. The zero-order valence-electron chi connectivity index (χ0n) is 13.2. The molecule has 2 aliphatic carbocycles. The molecule has 2 bridgehead atoms. The molecule has 1 N–H and O–H groups in total. The predicted octanol–water partition coefficient (Wildman–Crippen LogP) is 1.60. The van der Waals surface area contributed by atoms with Crippen molar-refractivity contribution in [2.75, 3.05) is 14.2 Å². The third kappa shape index (κ3) is 2.61. The van der Waals surface area contributed by atoms with Crippen molar-refractivity contribution in [3.8, 4) is 5.75 Å². The van der Waals surface area contributed by atoms with Gasteiger partial charge in [0.15, 0.2) is 0 Å². The number of nitrogens with zero attached hydrogens (tertiary/aromatic N) is 1. The molecule has 0 aliphatic heterocycles. The highest BCUT2D eigenvalue weighted by Crippen LogP contribution is 2.51. The lowest BCUT2D eigenvalue weighted by Crippen LogP contribution is -2.48. The summed E-state index contributed by atoms with van der Waals surface area (Å²) in [5.41, 5.74) is 0. The lowest BCUT2D eigenvalue weighted by atomic mass is 9.84. The van der Waals surface area contributed by atoms with E-state index >= 15 is 0 Å². The highest BCUT2D eigenvalue weighted by atomic mass is 32.2. The molecule has 0 aromatic heterocycles. The maximum Gasteiger partial charge on any atom is 0.310 e. The summed E-state index contributed by atoms with van der Waals surface area (Å²) >= 11 is 0. The van der Waals surface area contributed by atoms with Crippen molar-refractivity contribution in [3.63, 3.8) is 0 Å². The Morgan fingerprint density at radius 3 is 2.43 bits per heavy atom. The molecule has 126 valence electrons. The van der Waals surface area contributed by atoms with Crippen molar-refractivity contribution in [2.45, 2.75) is 30.2 Å². The lowest BCUT2D eigenvalue weighted by molar-refractivity contribution is -0.149. The Bertz CT molecular complexity index is 700. The molecular weight excluding hydrogens is 318 g/mol. The van der Waals surface area contributed by atoms with Crippen LogP contribution in [-0.4, -0.2) is 44.0 Å². The molecule has 7 heteroatoms. The third-order valence-electron chi connectivity index (χ3n) is 5.28. The summed E-state index contributed by atoms with van der Waals surface area (Å²) in [7, 11) is -0.844. The van der Waals surface area contributed by atoms with E-state index in [0.717, 1.165) is 19.3 Å². The van der Waals surface area contributed by atoms with Crippen molar-refractivity contribution >= 4 is 16.0 Å². The van der Waals surface area contributed by atoms with Gasteiger partial charge in [-0.1, -0.05) is 0 Å². The van der Waals surface area contributed by atoms with Crippen LogP contribution in [0.4, 0.5) is 0 Å². The topological polar surface area (TPSA) is 83.9 Å². The van der Waals surface area contributed by atoms with Crippen molar-refractivity contribution in [3.05, 3.63) is 24.3 Å². The monoisotopic (exact) mass is 339 g/mol. The number of hydrogen-bond acceptors (Lipinski definition) is 5. The van der Waals surface area contributed by atoms with Gasteiger partial charge < -0.3 is 9.84 Å². The number of carbonyl (C=O) groups excluding carboxylic acids is 1. The molecule has 23 heavy (non-hydrogen) atoms. The standard InChI is InChI=1S/C16H21NO5S/c1-17(23(20,21)13-7-5-12(18)6-8-13)15-11-4-3-10(9-11)14(15)16(19)22-2/h5-8,10-11,14-15,18H,3-4,9H2,1-2H3. The van der Waals surface area contributed by atoms with Crippen LogP contribution >= 0.6 is 0 Å². The second-order valence-corrected chi connectivity index (χ2v) is 8.39. The van der Waals surface area contributed by atoms with Gasteiger partial charge in [0.25, 0.3) is 0 Å². The molecule has 2 aliphatic rings. The Kier molecular flexibility index (Phi) is 4.10. The molecular formula is C16H21NO5S. The summed E-state index contributed by atoms with van der Waals surface area (Å²) in [6.07, 6.45) is 2.77. The maximum atomic E-state index is 12.9. The molecule has 0 heterocycles. The molecule has 0 amide bonds. The minimum absolute atomic E-state index is 0.0129. The van der Waals surface area contributed by atoms with Crippen LogP contribution < -0.4 is 0 Å². The Morgan fingerprint density at radius 1 is 1.22 bits per heavy atom. The number of sulfonamides is 1. The zero-order chi connectivity index (χ0) is 16.8. The molecule has 3 rings (SSSR count). The van der Waals surface area contributed by atoms with Gasteiger partial charge in [0.1, 0.15) is 5.75 Å². The van der Waals surface area contributed by atoms with E-state index in [0.29, 0.717) is 0 Å². The van der Waals surface area contributed by atoms with Gasteiger partial charge in [-0.2, -0.15) is 4.31 Å². The summed E-state index contributed by atoms with van der Waals surface area (Å²) in [5.74, 6) is -0.305. The van der Waals surface area contributed by atoms with E-state index in [2.05, 4.69) is 0 Å². The van der Waals surface area contributed by atoms with E-state index in [-0.39, 0.29) is 34.5 Å². The van der Waals surface area contributed by atoms with Crippen LogP contribution in [0.2, 0.25) is 0 Å². The Labute approximate surface area is 136 Å². The first kappa shape index (κ1) is 16.3. The molecule has 2 fully saturated rings. The molecule has 4 atom stereocenters. The van der Waals surface area contributed by atoms with Gasteiger partial charge >= 0.3 is 5.97 Å². The van der Waals surface area contributed by atoms with Crippen LogP contribution in [0.5, 0.6) is 5.75 Å². The van der Waals surface area contributed by atoms with Crippen molar-refractivity contribution in [1.82, 2.24) is 4.31 Å². The van der Waals surface area contributed by atoms with Crippen molar-refractivity contribution in [1.29, 1.82) is 0 Å². The lowest BCUT2D eigenvalue weighted by Gasteiger charge is -2.35. The first-order chi connectivity index (χ1) is 10.9. The summed E-state index contributed by atoms with van der Waals surface area (Å²) in [6, 6.07) is 5.08. The number of phenols is 1. The molecule has 1 aromatic rings. The number of benzene rings is 1. The highest BCUT2D eigenvalue weighted by molar-refractivity contribution is 7.89. The summed E-state index contributed by atoms with van der Waals surface area (Å²) < 4.78 is 31.9. The van der Waals surface area contributed by atoms with E-state index in [9.17, 15) is 18.3 Å². The average molecular weight is 339 g/mol. The van der Waals surface area contributed by atoms with Crippen LogP contribution in [0.3, 0.4) is 0 Å². The van der Waals surface area contributed by atoms with Crippen LogP contribution in [0.1, 0.15) is 19.3 Å². The Hall–Kier alpha value is -1.60. The maximum absolute atomic E-state index is 12.9. The predicted molar refractivity (Wildman–Crippen MR) is 83.2 cm³/mol. The quantitative estimate of drug-likeness (QED) is 0.843. The van der Waals surface area contributed by atoms with Gasteiger partial charge in [0, 0.05) is 13.1 Å². The van der Waals surface area contributed by atoms with E-state index in [1.807, 2.05) is 0 Å². The van der Waals surface area contributed by atoms with E-state index in [1.165, 1.54) is 42.7 Å². The van der Waals surface area contributed by atoms with E-state index in [4.69, 9.17) is 4.74 Å². The Balaban J connectivity index is 1.93. The van der Waals surface area contributed by atoms with Gasteiger partial charge in [-0.15, -0.1) is 0 Å². The SMILES string of the molecule is COC(=O)C1C2CCC(C2)C1N(C)S(=O)(=O)c1ccc(O)cc1. The Morgan fingerprint density at radius 2 is 1.83 bits per heavy atom. The number of methoxy groups -OCH3 is 1. The van der Waals surface area contributed by atoms with Gasteiger partial charge in [-0.25, -0.2) is 8.42 Å². The van der Waals surface area contributed by atoms with Crippen molar-refractivity contribution in [2.24, 2.45) is 17.8 Å². The largest absolute Gasteiger partial charge is 0.508 e. The smallest absolute Gasteiger partial charge is 0.310 e. The molecule has 6 nitrogen and oxygen atoms in total. The number of fused-ring (bicyclic) bond motifs is 2. The summed E-state index contributed by atoms with van der Waals surface area (Å²) in [4.78, 5) is 12.3. The molecule has 1 aromatic carbocycles. The summed E-state index contributed by atoms with van der Waals surface area (Å²) in [6.45, 7) is 0.